The molecule has 0 N–H and O–H groups in total. The molecule has 3 nitrogen and oxygen atoms in total. The van der Waals surface area contributed by atoms with E-state index in [2.05, 4.69) is 42.0 Å². The Bertz CT molecular complexity index is 437. The van der Waals surface area contributed by atoms with Crippen LogP contribution in [0.5, 0.6) is 0 Å². The molecule has 0 spiro atoms. The predicted molar refractivity (Wildman–Crippen MR) is 57.7 cm³/mol. The molecule has 13 heavy (non-hydrogen) atoms. The van der Waals surface area contributed by atoms with Gasteiger partial charge in [-0.25, -0.2) is 0 Å². The Morgan fingerprint density at radius 3 is 2.69 bits per heavy atom. The number of aromatic nitrogens is 2. The Morgan fingerprint density at radius 2 is 2.23 bits per heavy atom. The minimum atomic E-state index is 0.573. The van der Waals surface area contributed by atoms with Crippen molar-refractivity contribution in [2.45, 2.75) is 6.92 Å². The van der Waals surface area contributed by atoms with Crippen LogP contribution in [-0.2, 0) is 0 Å². The zero-order valence-electron chi connectivity index (χ0n) is 6.54. The number of nitrogens with zero attached hydrogens (tertiary/aromatic N) is 2. The van der Waals surface area contributed by atoms with Gasteiger partial charge in [0, 0.05) is 12.5 Å². The molecule has 0 aliphatic rings. The minimum Gasteiger partial charge on any atom is -0.339 e. The van der Waals surface area contributed by atoms with E-state index in [4.69, 9.17) is 4.52 Å². The van der Waals surface area contributed by atoms with E-state index in [-0.39, 0.29) is 0 Å². The van der Waals surface area contributed by atoms with Crippen molar-refractivity contribution < 1.29 is 4.52 Å². The SMILES string of the molecule is Cc1nc(-c2cc(Br)sc2Br)no1. The fraction of sp³-hybridized carbons (Fsp3) is 0.143. The van der Waals surface area contributed by atoms with Gasteiger partial charge in [-0.2, -0.15) is 4.98 Å². The molecule has 0 aromatic carbocycles. The highest BCUT2D eigenvalue weighted by atomic mass is 79.9. The van der Waals surface area contributed by atoms with E-state index in [1.807, 2.05) is 6.07 Å². The average Bonchev–Trinajstić information content (AvgIpc) is 2.58. The molecule has 0 saturated heterocycles. The van der Waals surface area contributed by atoms with Crippen LogP contribution in [-0.4, -0.2) is 10.1 Å². The topological polar surface area (TPSA) is 38.9 Å². The molecule has 0 aliphatic heterocycles. The lowest BCUT2D eigenvalue weighted by molar-refractivity contribution is 0.394. The van der Waals surface area contributed by atoms with Gasteiger partial charge in [0.25, 0.3) is 0 Å². The second-order valence-electron chi connectivity index (χ2n) is 2.37. The molecular formula is C7H4Br2N2OS. The number of hydrogen-bond acceptors (Lipinski definition) is 4. The number of hydrogen-bond donors (Lipinski definition) is 0. The Balaban J connectivity index is 2.51. The van der Waals surface area contributed by atoms with Crippen LogP contribution in [0.15, 0.2) is 18.2 Å². The third kappa shape index (κ3) is 1.84. The third-order valence-corrected chi connectivity index (χ3v) is 3.76. The summed E-state index contributed by atoms with van der Waals surface area (Å²) in [6, 6.07) is 1.96. The largest absolute Gasteiger partial charge is 0.339 e. The summed E-state index contributed by atoms with van der Waals surface area (Å²) in [6.07, 6.45) is 0. The van der Waals surface area contributed by atoms with Crippen molar-refractivity contribution >= 4 is 43.2 Å². The highest BCUT2D eigenvalue weighted by molar-refractivity contribution is 9.12. The Morgan fingerprint density at radius 1 is 1.46 bits per heavy atom. The normalized spacial score (nSPS) is 10.7. The number of rotatable bonds is 1. The van der Waals surface area contributed by atoms with Crippen LogP contribution in [0.1, 0.15) is 5.89 Å². The van der Waals surface area contributed by atoms with Crippen molar-refractivity contribution in [3.05, 3.63) is 19.5 Å². The Hall–Kier alpha value is -0.200. The predicted octanol–water partition coefficient (Wildman–Crippen LogP) is 3.63. The van der Waals surface area contributed by atoms with Crippen molar-refractivity contribution in [2.75, 3.05) is 0 Å². The maximum atomic E-state index is 4.89. The quantitative estimate of drug-likeness (QED) is 0.804. The monoisotopic (exact) mass is 322 g/mol. The van der Waals surface area contributed by atoms with E-state index in [0.29, 0.717) is 11.7 Å². The van der Waals surface area contributed by atoms with Gasteiger partial charge in [0.05, 0.1) is 7.57 Å². The Kier molecular flexibility index (Phi) is 2.53. The fourth-order valence-electron chi connectivity index (χ4n) is 0.901. The molecule has 0 saturated carbocycles. The summed E-state index contributed by atoms with van der Waals surface area (Å²) in [5, 5.41) is 3.83. The van der Waals surface area contributed by atoms with Crippen LogP contribution >= 0.6 is 43.2 Å². The first-order valence-corrected chi connectivity index (χ1v) is 5.82. The van der Waals surface area contributed by atoms with Gasteiger partial charge >= 0.3 is 0 Å². The van der Waals surface area contributed by atoms with E-state index in [0.717, 1.165) is 13.1 Å². The van der Waals surface area contributed by atoms with E-state index in [9.17, 15) is 0 Å². The van der Waals surface area contributed by atoms with Crippen molar-refractivity contribution in [2.24, 2.45) is 0 Å². The smallest absolute Gasteiger partial charge is 0.223 e. The van der Waals surface area contributed by atoms with Gasteiger partial charge in [-0.1, -0.05) is 5.16 Å². The first-order chi connectivity index (χ1) is 6.16. The van der Waals surface area contributed by atoms with Gasteiger partial charge in [-0.3, -0.25) is 0 Å². The summed E-state index contributed by atoms with van der Waals surface area (Å²) in [5.74, 6) is 1.19. The Labute approximate surface area is 95.4 Å². The zero-order chi connectivity index (χ0) is 9.42. The average molecular weight is 324 g/mol. The van der Waals surface area contributed by atoms with Crippen LogP contribution in [0.4, 0.5) is 0 Å². The molecule has 0 aliphatic carbocycles. The van der Waals surface area contributed by atoms with Crippen LogP contribution in [0.3, 0.4) is 0 Å². The summed E-state index contributed by atoms with van der Waals surface area (Å²) in [7, 11) is 0. The summed E-state index contributed by atoms with van der Waals surface area (Å²) in [5.41, 5.74) is 0.953. The maximum absolute atomic E-state index is 4.89. The lowest BCUT2D eigenvalue weighted by Crippen LogP contribution is -1.76. The molecular weight excluding hydrogens is 320 g/mol. The maximum Gasteiger partial charge on any atom is 0.223 e. The van der Waals surface area contributed by atoms with Crippen molar-refractivity contribution in [3.63, 3.8) is 0 Å². The van der Waals surface area contributed by atoms with Crippen LogP contribution < -0.4 is 0 Å². The molecule has 2 aromatic rings. The molecule has 0 amide bonds. The van der Waals surface area contributed by atoms with Crippen molar-refractivity contribution in [3.8, 4) is 11.4 Å². The molecule has 0 bridgehead atoms. The van der Waals surface area contributed by atoms with Gasteiger partial charge < -0.3 is 4.52 Å². The van der Waals surface area contributed by atoms with Gasteiger partial charge in [0.15, 0.2) is 0 Å². The van der Waals surface area contributed by atoms with Crippen LogP contribution in [0.25, 0.3) is 11.4 Å². The molecule has 6 heteroatoms. The molecule has 2 aromatic heterocycles. The van der Waals surface area contributed by atoms with Crippen LogP contribution in [0.2, 0.25) is 0 Å². The van der Waals surface area contributed by atoms with E-state index in [1.165, 1.54) is 0 Å². The molecule has 2 rings (SSSR count). The van der Waals surface area contributed by atoms with Gasteiger partial charge in [-0.15, -0.1) is 11.3 Å². The van der Waals surface area contributed by atoms with E-state index < -0.39 is 0 Å². The highest BCUT2D eigenvalue weighted by Crippen LogP contribution is 2.37. The van der Waals surface area contributed by atoms with Gasteiger partial charge in [-0.05, 0) is 37.9 Å². The molecule has 0 radical (unpaired) electrons. The summed E-state index contributed by atoms with van der Waals surface area (Å²) in [6.45, 7) is 1.77. The fourth-order valence-corrected chi connectivity index (χ4v) is 3.69. The lowest BCUT2D eigenvalue weighted by Gasteiger charge is -1.86. The zero-order valence-corrected chi connectivity index (χ0v) is 10.5. The molecule has 0 atom stereocenters. The molecule has 68 valence electrons. The molecule has 2 heterocycles. The van der Waals surface area contributed by atoms with Crippen molar-refractivity contribution in [1.29, 1.82) is 0 Å². The molecule has 0 fully saturated rings. The minimum absolute atomic E-state index is 0.573. The second-order valence-corrected chi connectivity index (χ2v) is 6.12. The first-order valence-electron chi connectivity index (χ1n) is 3.42. The lowest BCUT2D eigenvalue weighted by atomic mass is 10.3. The van der Waals surface area contributed by atoms with Gasteiger partial charge in [0.2, 0.25) is 11.7 Å². The number of aryl methyl sites for hydroxylation is 1. The summed E-state index contributed by atoms with van der Waals surface area (Å²) < 4.78 is 6.93. The summed E-state index contributed by atoms with van der Waals surface area (Å²) in [4.78, 5) is 4.13. The van der Waals surface area contributed by atoms with E-state index >= 15 is 0 Å². The third-order valence-electron chi connectivity index (χ3n) is 1.43. The highest BCUT2D eigenvalue weighted by Gasteiger charge is 2.12. The first kappa shape index (κ1) is 9.36. The van der Waals surface area contributed by atoms with Crippen molar-refractivity contribution in [1.82, 2.24) is 10.1 Å². The second kappa shape index (κ2) is 3.51. The number of halogens is 2. The number of thiophene rings is 1. The standard InChI is InChI=1S/C7H4Br2N2OS/c1-3-10-7(11-12-3)4-2-5(8)13-6(4)9/h2H,1H3. The van der Waals surface area contributed by atoms with Gasteiger partial charge in [0.1, 0.15) is 0 Å². The van der Waals surface area contributed by atoms with E-state index in [1.54, 1.807) is 18.3 Å². The molecule has 0 unspecified atom stereocenters. The summed E-state index contributed by atoms with van der Waals surface area (Å²) >= 11 is 8.40. The van der Waals surface area contributed by atoms with Crippen LogP contribution in [0, 0.1) is 6.92 Å².